The van der Waals surface area contributed by atoms with E-state index in [0.717, 1.165) is 12.8 Å². The number of hydrogen-bond acceptors (Lipinski definition) is 0. The van der Waals surface area contributed by atoms with Gasteiger partial charge in [0, 0.05) is 0 Å². The Kier molecular flexibility index (Phi) is 3.41. The molecule has 3 heteroatoms. The van der Waals surface area contributed by atoms with E-state index in [0.29, 0.717) is 0 Å². The molecule has 0 spiro atoms. The van der Waals surface area contributed by atoms with Gasteiger partial charge >= 0.3 is 0 Å². The first kappa shape index (κ1) is 9.87. The molecular formula is C9H15F3. The van der Waals surface area contributed by atoms with Crippen molar-refractivity contribution in [1.29, 1.82) is 0 Å². The molecule has 72 valence electrons. The summed E-state index contributed by atoms with van der Waals surface area (Å²) in [5, 5.41) is 0. The number of halogens is 3. The third kappa shape index (κ3) is 2.14. The lowest BCUT2D eigenvalue weighted by Crippen LogP contribution is -2.36. The zero-order chi connectivity index (χ0) is 9.14. The smallest absolute Gasteiger partial charge is 0.162 e. The van der Waals surface area contributed by atoms with Gasteiger partial charge in [-0.25, -0.2) is 13.2 Å². The van der Waals surface area contributed by atoms with Gasteiger partial charge in [-0.05, 0) is 18.8 Å². The van der Waals surface area contributed by atoms with E-state index >= 15 is 0 Å². The topological polar surface area (TPSA) is 0 Å². The van der Waals surface area contributed by atoms with Crippen molar-refractivity contribution in [2.24, 2.45) is 5.92 Å². The van der Waals surface area contributed by atoms with Crippen molar-refractivity contribution in [3.8, 4) is 0 Å². The first-order valence-electron chi connectivity index (χ1n) is 4.57. The third-order valence-electron chi connectivity index (χ3n) is 2.50. The maximum Gasteiger partial charge on any atom is 0.162 e. The predicted molar refractivity (Wildman–Crippen MR) is 42.3 cm³/mol. The first-order valence-corrected chi connectivity index (χ1v) is 4.57. The molecule has 0 amide bonds. The summed E-state index contributed by atoms with van der Waals surface area (Å²) in [7, 11) is 0. The van der Waals surface area contributed by atoms with Crippen molar-refractivity contribution in [2.45, 2.75) is 51.1 Å². The molecule has 2 atom stereocenters. The Labute approximate surface area is 71.1 Å². The minimum absolute atomic E-state index is 0.0481. The molecule has 0 bridgehead atoms. The van der Waals surface area contributed by atoms with Crippen LogP contribution in [0.1, 0.15) is 32.6 Å². The molecule has 1 saturated carbocycles. The second-order valence-corrected chi connectivity index (χ2v) is 3.60. The number of rotatable bonds is 2. The molecule has 0 aliphatic heterocycles. The van der Waals surface area contributed by atoms with E-state index in [1.165, 1.54) is 0 Å². The zero-order valence-electron chi connectivity index (χ0n) is 7.27. The minimum Gasteiger partial charge on any atom is -0.244 e. The summed E-state index contributed by atoms with van der Waals surface area (Å²) >= 11 is 0. The van der Waals surface area contributed by atoms with Crippen LogP contribution in [0.5, 0.6) is 0 Å². The Bertz CT molecular complexity index is 126. The molecule has 1 aliphatic carbocycles. The highest BCUT2D eigenvalue weighted by molar-refractivity contribution is 4.86. The third-order valence-corrected chi connectivity index (χ3v) is 2.50. The van der Waals surface area contributed by atoms with E-state index in [4.69, 9.17) is 0 Å². The monoisotopic (exact) mass is 180 g/mol. The summed E-state index contributed by atoms with van der Waals surface area (Å²) in [6.07, 6.45) is -2.90. The van der Waals surface area contributed by atoms with E-state index in [1.807, 2.05) is 6.92 Å². The lowest BCUT2D eigenvalue weighted by Gasteiger charge is -2.29. The number of alkyl halides is 3. The molecule has 0 saturated heterocycles. The first-order chi connectivity index (χ1) is 5.65. The molecule has 1 fully saturated rings. The van der Waals surface area contributed by atoms with E-state index in [9.17, 15) is 13.2 Å². The molecule has 0 aromatic carbocycles. The number of hydrogen-bond donors (Lipinski definition) is 0. The lowest BCUT2D eigenvalue weighted by atomic mass is 9.83. The Balaban J connectivity index is 2.42. The quantitative estimate of drug-likeness (QED) is 0.612. The van der Waals surface area contributed by atoms with E-state index in [-0.39, 0.29) is 18.8 Å². The molecule has 0 N–H and O–H groups in total. The Morgan fingerprint density at radius 3 is 2.00 bits per heavy atom. The van der Waals surface area contributed by atoms with Crippen LogP contribution in [0.25, 0.3) is 0 Å². The van der Waals surface area contributed by atoms with Gasteiger partial charge in [-0.3, -0.25) is 0 Å². The van der Waals surface area contributed by atoms with Crippen LogP contribution in [-0.2, 0) is 0 Å². The molecule has 1 aliphatic rings. The highest BCUT2D eigenvalue weighted by Gasteiger charge is 2.38. The maximum atomic E-state index is 12.8. The van der Waals surface area contributed by atoms with Crippen LogP contribution in [0, 0.1) is 5.92 Å². The fraction of sp³-hybridized carbons (Fsp3) is 1.00. The Morgan fingerprint density at radius 2 is 1.58 bits per heavy atom. The summed E-state index contributed by atoms with van der Waals surface area (Å²) in [4.78, 5) is 0. The lowest BCUT2D eigenvalue weighted by molar-refractivity contribution is 0.0160. The second-order valence-electron chi connectivity index (χ2n) is 3.60. The van der Waals surface area contributed by atoms with Gasteiger partial charge in [0.2, 0.25) is 0 Å². The van der Waals surface area contributed by atoms with Gasteiger partial charge in [0.25, 0.3) is 0 Å². The van der Waals surface area contributed by atoms with Gasteiger partial charge in [0.1, 0.15) is 12.3 Å². The molecule has 0 aromatic rings. The standard InChI is InChI=1S/C9H15F3/c1-2-3-6-4-7(10)9(12)8(11)5-6/h6-9H,2-5H2,1H3. The van der Waals surface area contributed by atoms with Crippen molar-refractivity contribution < 1.29 is 13.2 Å². The largest absolute Gasteiger partial charge is 0.244 e. The van der Waals surface area contributed by atoms with Gasteiger partial charge in [-0.2, -0.15) is 0 Å². The van der Waals surface area contributed by atoms with E-state index < -0.39 is 18.5 Å². The molecule has 1 rings (SSSR count). The van der Waals surface area contributed by atoms with Crippen LogP contribution >= 0.6 is 0 Å². The zero-order valence-corrected chi connectivity index (χ0v) is 7.27. The Morgan fingerprint density at radius 1 is 1.08 bits per heavy atom. The van der Waals surface area contributed by atoms with Crippen molar-refractivity contribution in [2.75, 3.05) is 0 Å². The molecule has 0 heterocycles. The Hall–Kier alpha value is -0.210. The van der Waals surface area contributed by atoms with Crippen LogP contribution in [0.15, 0.2) is 0 Å². The van der Waals surface area contributed by atoms with Crippen LogP contribution < -0.4 is 0 Å². The van der Waals surface area contributed by atoms with Gasteiger partial charge in [0.05, 0.1) is 0 Å². The summed E-state index contributed by atoms with van der Waals surface area (Å²) in [6.45, 7) is 1.97. The minimum atomic E-state index is -1.88. The van der Waals surface area contributed by atoms with Crippen LogP contribution in [0.3, 0.4) is 0 Å². The van der Waals surface area contributed by atoms with Crippen LogP contribution in [0.2, 0.25) is 0 Å². The molecule has 12 heavy (non-hydrogen) atoms. The highest BCUT2D eigenvalue weighted by Crippen LogP contribution is 2.33. The van der Waals surface area contributed by atoms with Gasteiger partial charge < -0.3 is 0 Å². The average molecular weight is 180 g/mol. The van der Waals surface area contributed by atoms with Gasteiger partial charge in [0.15, 0.2) is 6.17 Å². The van der Waals surface area contributed by atoms with Crippen molar-refractivity contribution >= 4 is 0 Å². The summed E-state index contributed by atoms with van der Waals surface area (Å²) < 4.78 is 38.2. The molecule has 0 nitrogen and oxygen atoms in total. The molecule has 0 aromatic heterocycles. The predicted octanol–water partition coefficient (Wildman–Crippen LogP) is 3.21. The maximum absolute atomic E-state index is 12.8. The van der Waals surface area contributed by atoms with Crippen molar-refractivity contribution in [3.05, 3.63) is 0 Å². The van der Waals surface area contributed by atoms with E-state index in [1.54, 1.807) is 0 Å². The summed E-state index contributed by atoms with van der Waals surface area (Å²) in [5.74, 6) is 0.0481. The molecule has 0 radical (unpaired) electrons. The fourth-order valence-corrected chi connectivity index (χ4v) is 1.86. The van der Waals surface area contributed by atoms with E-state index in [2.05, 4.69) is 0 Å². The average Bonchev–Trinajstić information content (AvgIpc) is 2.01. The normalized spacial score (nSPS) is 43.0. The van der Waals surface area contributed by atoms with Crippen molar-refractivity contribution in [1.82, 2.24) is 0 Å². The van der Waals surface area contributed by atoms with Crippen molar-refractivity contribution in [3.63, 3.8) is 0 Å². The summed E-state index contributed by atoms with van der Waals surface area (Å²) in [5.41, 5.74) is 0. The molecular weight excluding hydrogens is 165 g/mol. The van der Waals surface area contributed by atoms with Crippen LogP contribution in [-0.4, -0.2) is 18.5 Å². The second kappa shape index (κ2) is 4.15. The molecule has 2 unspecified atom stereocenters. The highest BCUT2D eigenvalue weighted by atomic mass is 19.2. The van der Waals surface area contributed by atoms with Gasteiger partial charge in [-0.1, -0.05) is 19.8 Å². The van der Waals surface area contributed by atoms with Crippen LogP contribution in [0.4, 0.5) is 13.2 Å². The van der Waals surface area contributed by atoms with Gasteiger partial charge in [-0.15, -0.1) is 0 Å². The fourth-order valence-electron chi connectivity index (χ4n) is 1.86. The SMILES string of the molecule is CCCC1CC(F)C(F)C(F)C1. The summed E-state index contributed by atoms with van der Waals surface area (Å²) in [6, 6.07) is 0.